The third-order valence-electron chi connectivity index (χ3n) is 3.31. The molecule has 0 unspecified atom stereocenters. The van der Waals surface area contributed by atoms with Crippen molar-refractivity contribution < 1.29 is 8.78 Å². The highest BCUT2D eigenvalue weighted by Crippen LogP contribution is 2.24. The molecule has 0 aliphatic rings. The minimum Gasteiger partial charge on any atom is -0.306 e. The van der Waals surface area contributed by atoms with Crippen LogP contribution in [0.2, 0.25) is 0 Å². The number of benzene rings is 2. The number of rotatable bonds is 5. The normalized spacial score (nSPS) is 10.8. The number of thiazole rings is 1. The summed E-state index contributed by atoms with van der Waals surface area (Å²) in [6, 6.07) is 11.6. The molecule has 0 spiro atoms. The number of halogens is 2. The molecule has 0 amide bonds. The molecular formula is C17H14F2N2S. The Bertz CT molecular complexity index is 740. The van der Waals surface area contributed by atoms with Gasteiger partial charge >= 0.3 is 0 Å². The lowest BCUT2D eigenvalue weighted by atomic mass is 10.0. The number of nitrogens with zero attached hydrogens (tertiary/aromatic N) is 1. The van der Waals surface area contributed by atoms with Crippen molar-refractivity contribution in [1.29, 1.82) is 0 Å². The van der Waals surface area contributed by atoms with Crippen LogP contribution in [0.15, 0.2) is 54.0 Å². The molecule has 2 nitrogen and oxygen atoms in total. The van der Waals surface area contributed by atoms with E-state index in [9.17, 15) is 8.78 Å². The first-order chi connectivity index (χ1) is 10.7. The van der Waals surface area contributed by atoms with Crippen LogP contribution in [-0.4, -0.2) is 4.98 Å². The van der Waals surface area contributed by atoms with E-state index in [4.69, 9.17) is 0 Å². The Morgan fingerprint density at radius 1 is 1.00 bits per heavy atom. The Labute approximate surface area is 131 Å². The van der Waals surface area contributed by atoms with E-state index in [-0.39, 0.29) is 5.56 Å². The Morgan fingerprint density at radius 3 is 2.55 bits per heavy atom. The molecular weight excluding hydrogens is 302 g/mol. The number of hydrogen-bond donors (Lipinski definition) is 1. The van der Waals surface area contributed by atoms with Gasteiger partial charge in [0, 0.05) is 30.2 Å². The number of nitrogens with one attached hydrogen (secondary N) is 1. The van der Waals surface area contributed by atoms with Crippen molar-refractivity contribution in [2.24, 2.45) is 0 Å². The van der Waals surface area contributed by atoms with Crippen LogP contribution in [0, 0.1) is 11.6 Å². The Kier molecular flexibility index (Phi) is 4.56. The van der Waals surface area contributed by atoms with Gasteiger partial charge in [-0.2, -0.15) is 0 Å². The van der Waals surface area contributed by atoms with Gasteiger partial charge in [-0.3, -0.25) is 0 Å². The molecule has 0 fully saturated rings. The molecule has 1 heterocycles. The topological polar surface area (TPSA) is 24.9 Å². The average Bonchev–Trinajstić information content (AvgIpc) is 3.04. The lowest BCUT2D eigenvalue weighted by molar-refractivity contribution is 0.511. The minimum atomic E-state index is -0.827. The van der Waals surface area contributed by atoms with Gasteiger partial charge in [0.25, 0.3) is 0 Å². The molecule has 1 aromatic heterocycles. The number of hydrogen-bond acceptors (Lipinski definition) is 3. The summed E-state index contributed by atoms with van der Waals surface area (Å²) in [7, 11) is 0. The van der Waals surface area contributed by atoms with Crippen molar-refractivity contribution in [2.45, 2.75) is 13.1 Å². The summed E-state index contributed by atoms with van der Waals surface area (Å²) in [4.78, 5) is 4.20. The monoisotopic (exact) mass is 316 g/mol. The maximum Gasteiger partial charge on any atom is 0.166 e. The first kappa shape index (κ1) is 14.8. The summed E-state index contributed by atoms with van der Waals surface area (Å²) in [6.45, 7) is 1.42. The van der Waals surface area contributed by atoms with Crippen molar-refractivity contribution in [3.05, 3.63) is 76.2 Å². The summed E-state index contributed by atoms with van der Waals surface area (Å²) < 4.78 is 27.0. The molecule has 0 atom stereocenters. The summed E-state index contributed by atoms with van der Waals surface area (Å²) in [6.07, 6.45) is 1.78. The fourth-order valence-electron chi connectivity index (χ4n) is 2.18. The van der Waals surface area contributed by atoms with Gasteiger partial charge in [-0.1, -0.05) is 36.4 Å². The molecule has 0 radical (unpaired) electrons. The van der Waals surface area contributed by atoms with E-state index in [1.807, 2.05) is 17.5 Å². The van der Waals surface area contributed by atoms with Gasteiger partial charge < -0.3 is 5.32 Å². The summed E-state index contributed by atoms with van der Waals surface area (Å²) in [5.41, 5.74) is 2.03. The standard InChI is InChI=1S/C17H14F2N2S/c18-15-3-1-2-14(17(15)19)13-6-4-12(5-7-13)10-20-11-16-21-8-9-22-16/h1-9,20H,10-11H2. The zero-order valence-electron chi connectivity index (χ0n) is 11.7. The van der Waals surface area contributed by atoms with Crippen molar-refractivity contribution >= 4 is 11.3 Å². The van der Waals surface area contributed by atoms with E-state index < -0.39 is 11.6 Å². The fraction of sp³-hybridized carbons (Fsp3) is 0.118. The smallest absolute Gasteiger partial charge is 0.166 e. The lowest BCUT2D eigenvalue weighted by Gasteiger charge is -2.07. The predicted octanol–water partition coefficient (Wildman–Crippen LogP) is 4.38. The van der Waals surface area contributed by atoms with Gasteiger partial charge in [0.05, 0.1) is 0 Å². The van der Waals surface area contributed by atoms with Crippen LogP contribution in [0.4, 0.5) is 8.78 Å². The van der Waals surface area contributed by atoms with Crippen LogP contribution >= 0.6 is 11.3 Å². The third kappa shape index (κ3) is 3.37. The predicted molar refractivity (Wildman–Crippen MR) is 84.5 cm³/mol. The molecule has 112 valence electrons. The van der Waals surface area contributed by atoms with Gasteiger partial charge in [0.15, 0.2) is 11.6 Å². The highest BCUT2D eigenvalue weighted by molar-refractivity contribution is 7.09. The first-order valence-electron chi connectivity index (χ1n) is 6.86. The second-order valence-electron chi connectivity index (χ2n) is 4.83. The van der Waals surface area contributed by atoms with Crippen molar-refractivity contribution in [3.63, 3.8) is 0 Å². The van der Waals surface area contributed by atoms with Crippen LogP contribution in [0.1, 0.15) is 10.6 Å². The number of aromatic nitrogens is 1. The maximum atomic E-state index is 13.8. The SMILES string of the molecule is Fc1cccc(-c2ccc(CNCc3nccs3)cc2)c1F. The van der Waals surface area contributed by atoms with Gasteiger partial charge in [-0.25, -0.2) is 13.8 Å². The second kappa shape index (κ2) is 6.77. The third-order valence-corrected chi connectivity index (χ3v) is 4.08. The van der Waals surface area contributed by atoms with Crippen molar-refractivity contribution in [3.8, 4) is 11.1 Å². The molecule has 0 bridgehead atoms. The molecule has 1 N–H and O–H groups in total. The molecule has 2 aromatic carbocycles. The van der Waals surface area contributed by atoms with Gasteiger partial charge in [0.1, 0.15) is 5.01 Å². The largest absolute Gasteiger partial charge is 0.306 e. The van der Waals surface area contributed by atoms with Gasteiger partial charge in [-0.15, -0.1) is 11.3 Å². The summed E-state index contributed by atoms with van der Waals surface area (Å²) >= 11 is 1.61. The zero-order valence-corrected chi connectivity index (χ0v) is 12.5. The molecule has 0 aliphatic heterocycles. The molecule has 5 heteroatoms. The second-order valence-corrected chi connectivity index (χ2v) is 5.81. The zero-order chi connectivity index (χ0) is 15.4. The van der Waals surface area contributed by atoms with Crippen LogP contribution in [0.25, 0.3) is 11.1 Å². The Morgan fingerprint density at radius 2 is 1.82 bits per heavy atom. The van der Waals surface area contributed by atoms with E-state index in [2.05, 4.69) is 10.3 Å². The highest BCUT2D eigenvalue weighted by Gasteiger charge is 2.09. The molecule has 22 heavy (non-hydrogen) atoms. The van der Waals surface area contributed by atoms with Crippen LogP contribution < -0.4 is 5.32 Å². The quantitative estimate of drug-likeness (QED) is 0.755. The van der Waals surface area contributed by atoms with Gasteiger partial charge in [0.2, 0.25) is 0 Å². The molecule has 3 rings (SSSR count). The summed E-state index contributed by atoms with van der Waals surface area (Å²) in [5.74, 6) is -1.64. The van der Waals surface area contributed by atoms with Crippen LogP contribution in [0.3, 0.4) is 0 Å². The van der Waals surface area contributed by atoms with Crippen LogP contribution in [-0.2, 0) is 13.1 Å². The van der Waals surface area contributed by atoms with E-state index in [1.54, 1.807) is 35.7 Å². The molecule has 3 aromatic rings. The summed E-state index contributed by atoms with van der Waals surface area (Å²) in [5, 5.41) is 6.28. The van der Waals surface area contributed by atoms with Gasteiger partial charge in [-0.05, 0) is 17.2 Å². The van der Waals surface area contributed by atoms with Crippen LogP contribution in [0.5, 0.6) is 0 Å². The van der Waals surface area contributed by atoms with Crippen molar-refractivity contribution in [2.75, 3.05) is 0 Å². The Hall–Kier alpha value is -2.11. The lowest BCUT2D eigenvalue weighted by Crippen LogP contribution is -2.12. The minimum absolute atomic E-state index is 0.280. The fourth-order valence-corrected chi connectivity index (χ4v) is 2.77. The molecule has 0 saturated carbocycles. The van der Waals surface area contributed by atoms with E-state index in [0.29, 0.717) is 12.1 Å². The Balaban J connectivity index is 1.66. The molecule has 0 aliphatic carbocycles. The maximum absolute atomic E-state index is 13.8. The average molecular weight is 316 g/mol. The van der Waals surface area contributed by atoms with E-state index >= 15 is 0 Å². The highest BCUT2D eigenvalue weighted by atomic mass is 32.1. The van der Waals surface area contributed by atoms with E-state index in [0.717, 1.165) is 23.2 Å². The molecule has 0 saturated heterocycles. The first-order valence-corrected chi connectivity index (χ1v) is 7.74. The van der Waals surface area contributed by atoms with Crippen molar-refractivity contribution in [1.82, 2.24) is 10.3 Å². The van der Waals surface area contributed by atoms with E-state index in [1.165, 1.54) is 6.07 Å².